The van der Waals surface area contributed by atoms with Gasteiger partial charge in [-0.2, -0.15) is 4.31 Å². The number of fused-ring (bicyclic) bond motifs is 1. The van der Waals surface area contributed by atoms with Gasteiger partial charge in [-0.15, -0.1) is 0 Å². The lowest BCUT2D eigenvalue weighted by Gasteiger charge is -2.30. The Kier molecular flexibility index (Phi) is 6.64. The van der Waals surface area contributed by atoms with Gasteiger partial charge in [0.05, 0.1) is 10.6 Å². The van der Waals surface area contributed by atoms with Crippen LogP contribution in [-0.2, 0) is 14.8 Å². The molecule has 1 saturated carbocycles. The van der Waals surface area contributed by atoms with Gasteiger partial charge in [-0.25, -0.2) is 13.4 Å². The van der Waals surface area contributed by atoms with Crippen LogP contribution in [0.1, 0.15) is 32.1 Å². The maximum Gasteiger partial charge on any atom is 0.257 e. The Balaban J connectivity index is 1.34. The van der Waals surface area contributed by atoms with E-state index in [0.717, 1.165) is 31.2 Å². The Hall–Kier alpha value is -2.36. The van der Waals surface area contributed by atoms with Crippen molar-refractivity contribution in [3.8, 4) is 0 Å². The van der Waals surface area contributed by atoms with Crippen molar-refractivity contribution in [2.75, 3.05) is 18.1 Å². The highest BCUT2D eigenvalue weighted by Gasteiger charge is 2.28. The third-order valence-corrected chi connectivity index (χ3v) is 8.26. The molecule has 0 radical (unpaired) electrons. The second-order valence-corrected chi connectivity index (χ2v) is 10.5. The fraction of sp³-hybridized carbons (Fsp3) is 0.364. The SMILES string of the molecule is CN(C1CCCCC1)S(=O)(=O)c1ccc(NC(=O)CSc2nc3ccccc3o2)cc1. The molecule has 0 spiro atoms. The quantitative estimate of drug-likeness (QED) is 0.523. The first-order valence-corrected chi connectivity index (χ1v) is 12.7. The van der Waals surface area contributed by atoms with Gasteiger partial charge >= 0.3 is 0 Å². The summed E-state index contributed by atoms with van der Waals surface area (Å²) in [5.41, 5.74) is 1.98. The van der Waals surface area contributed by atoms with Crippen molar-refractivity contribution in [2.24, 2.45) is 0 Å². The summed E-state index contributed by atoms with van der Waals surface area (Å²) in [6.07, 6.45) is 5.11. The number of carbonyl (C=O) groups excluding carboxylic acids is 1. The van der Waals surface area contributed by atoms with E-state index in [9.17, 15) is 13.2 Å². The van der Waals surface area contributed by atoms with E-state index < -0.39 is 10.0 Å². The zero-order valence-corrected chi connectivity index (χ0v) is 18.9. The highest BCUT2D eigenvalue weighted by molar-refractivity contribution is 7.99. The number of oxazole rings is 1. The summed E-state index contributed by atoms with van der Waals surface area (Å²) in [7, 11) is -1.89. The Morgan fingerprint density at radius 1 is 1.13 bits per heavy atom. The van der Waals surface area contributed by atoms with E-state index in [4.69, 9.17) is 4.42 Å². The molecule has 2 aromatic carbocycles. The number of sulfonamides is 1. The summed E-state index contributed by atoms with van der Waals surface area (Å²) in [6, 6.07) is 13.8. The number of anilines is 1. The van der Waals surface area contributed by atoms with Crippen LogP contribution in [0.2, 0.25) is 0 Å². The van der Waals surface area contributed by atoms with Gasteiger partial charge in [-0.05, 0) is 49.2 Å². The molecule has 1 N–H and O–H groups in total. The molecule has 3 aromatic rings. The Morgan fingerprint density at radius 2 is 1.84 bits per heavy atom. The van der Waals surface area contributed by atoms with Crippen molar-refractivity contribution in [1.82, 2.24) is 9.29 Å². The average Bonchev–Trinajstić information content (AvgIpc) is 3.21. The lowest BCUT2D eigenvalue weighted by atomic mass is 9.96. The minimum atomic E-state index is -3.55. The maximum absolute atomic E-state index is 12.9. The lowest BCUT2D eigenvalue weighted by molar-refractivity contribution is -0.113. The van der Waals surface area contributed by atoms with Gasteiger partial charge in [0, 0.05) is 18.8 Å². The van der Waals surface area contributed by atoms with Crippen LogP contribution in [0.3, 0.4) is 0 Å². The van der Waals surface area contributed by atoms with Gasteiger partial charge in [0.25, 0.3) is 5.22 Å². The molecule has 1 amide bonds. The molecule has 1 heterocycles. The van der Waals surface area contributed by atoms with Gasteiger partial charge in [0.2, 0.25) is 15.9 Å². The summed E-state index contributed by atoms with van der Waals surface area (Å²) in [5, 5.41) is 3.21. The summed E-state index contributed by atoms with van der Waals surface area (Å²) in [5.74, 6) is -0.0840. The van der Waals surface area contributed by atoms with E-state index in [0.29, 0.717) is 16.5 Å². The summed E-state index contributed by atoms with van der Waals surface area (Å²) in [4.78, 5) is 16.8. The number of amides is 1. The number of nitrogens with zero attached hydrogens (tertiary/aromatic N) is 2. The predicted molar refractivity (Wildman–Crippen MR) is 122 cm³/mol. The Morgan fingerprint density at radius 3 is 2.55 bits per heavy atom. The molecule has 31 heavy (non-hydrogen) atoms. The van der Waals surface area contributed by atoms with Gasteiger partial charge < -0.3 is 9.73 Å². The molecule has 0 bridgehead atoms. The number of nitrogens with one attached hydrogen (secondary N) is 1. The Bertz CT molecular complexity index is 1120. The Labute approximate surface area is 186 Å². The molecule has 0 saturated heterocycles. The third kappa shape index (κ3) is 5.11. The van der Waals surface area contributed by atoms with Gasteiger partial charge in [0.1, 0.15) is 5.52 Å². The molecule has 1 aliphatic carbocycles. The van der Waals surface area contributed by atoms with Gasteiger partial charge in [-0.1, -0.05) is 43.2 Å². The third-order valence-electron chi connectivity index (χ3n) is 5.50. The number of aromatic nitrogens is 1. The van der Waals surface area contributed by atoms with Crippen LogP contribution in [-0.4, -0.2) is 42.5 Å². The number of hydrogen-bond donors (Lipinski definition) is 1. The highest BCUT2D eigenvalue weighted by atomic mass is 32.2. The molecule has 0 unspecified atom stereocenters. The fourth-order valence-electron chi connectivity index (χ4n) is 3.75. The predicted octanol–water partition coefficient (Wildman–Crippen LogP) is 4.51. The molecule has 1 aliphatic rings. The number of para-hydroxylation sites is 2. The number of rotatable bonds is 7. The van der Waals surface area contributed by atoms with Crippen molar-refractivity contribution in [3.63, 3.8) is 0 Å². The lowest BCUT2D eigenvalue weighted by Crippen LogP contribution is -2.38. The highest BCUT2D eigenvalue weighted by Crippen LogP contribution is 2.27. The monoisotopic (exact) mass is 459 g/mol. The molecule has 1 fully saturated rings. The van der Waals surface area contributed by atoms with Crippen LogP contribution < -0.4 is 5.32 Å². The summed E-state index contributed by atoms with van der Waals surface area (Å²) in [6.45, 7) is 0. The molecule has 0 aliphatic heterocycles. The van der Waals surface area contributed by atoms with Crippen LogP contribution in [0.15, 0.2) is 63.1 Å². The van der Waals surface area contributed by atoms with Crippen molar-refractivity contribution in [3.05, 3.63) is 48.5 Å². The minimum absolute atomic E-state index is 0.0574. The van der Waals surface area contributed by atoms with Crippen LogP contribution >= 0.6 is 11.8 Å². The first-order chi connectivity index (χ1) is 14.9. The van der Waals surface area contributed by atoms with E-state index in [1.165, 1.54) is 34.6 Å². The molecule has 4 rings (SSSR count). The molecule has 9 heteroatoms. The number of carbonyl (C=O) groups is 1. The second-order valence-electron chi connectivity index (χ2n) is 7.62. The van der Waals surface area contributed by atoms with E-state index in [2.05, 4.69) is 10.3 Å². The second kappa shape index (κ2) is 9.42. The van der Waals surface area contributed by atoms with E-state index in [1.54, 1.807) is 19.2 Å². The van der Waals surface area contributed by atoms with E-state index >= 15 is 0 Å². The number of hydrogen-bond acceptors (Lipinski definition) is 6. The minimum Gasteiger partial charge on any atom is -0.431 e. The molecule has 164 valence electrons. The topological polar surface area (TPSA) is 92.5 Å². The van der Waals surface area contributed by atoms with Gasteiger partial charge in [0.15, 0.2) is 5.58 Å². The summed E-state index contributed by atoms with van der Waals surface area (Å²) >= 11 is 1.21. The fourth-order valence-corrected chi connectivity index (χ4v) is 5.81. The van der Waals surface area contributed by atoms with Crippen LogP contribution in [0.25, 0.3) is 11.1 Å². The standard InChI is InChI=1S/C22H25N3O4S2/c1-25(17-7-3-2-4-8-17)31(27,28)18-13-11-16(12-14-18)23-21(26)15-30-22-24-19-9-5-6-10-20(19)29-22/h5-6,9-14,17H,2-4,7-8,15H2,1H3,(H,23,26). The molecule has 7 nitrogen and oxygen atoms in total. The van der Waals surface area contributed by atoms with Crippen molar-refractivity contribution >= 4 is 44.5 Å². The van der Waals surface area contributed by atoms with Gasteiger partial charge in [-0.3, -0.25) is 4.79 Å². The first-order valence-electron chi connectivity index (χ1n) is 10.3. The zero-order valence-electron chi connectivity index (χ0n) is 17.3. The van der Waals surface area contributed by atoms with E-state index in [1.807, 2.05) is 24.3 Å². The maximum atomic E-state index is 12.9. The van der Waals surface area contributed by atoms with E-state index in [-0.39, 0.29) is 22.6 Å². The van der Waals surface area contributed by atoms with Crippen LogP contribution in [0.5, 0.6) is 0 Å². The number of thioether (sulfide) groups is 1. The first kappa shape index (κ1) is 21.9. The molecular formula is C22H25N3O4S2. The largest absolute Gasteiger partial charge is 0.431 e. The van der Waals surface area contributed by atoms with Crippen molar-refractivity contribution < 1.29 is 17.6 Å². The zero-order chi connectivity index (χ0) is 21.8. The molecule has 1 aromatic heterocycles. The molecular weight excluding hydrogens is 434 g/mol. The van der Waals surface area contributed by atoms with Crippen LogP contribution in [0, 0.1) is 0 Å². The smallest absolute Gasteiger partial charge is 0.257 e. The van der Waals surface area contributed by atoms with Crippen molar-refractivity contribution in [1.29, 1.82) is 0 Å². The summed E-state index contributed by atoms with van der Waals surface area (Å²) < 4.78 is 32.9. The normalized spacial score (nSPS) is 15.4. The van der Waals surface area contributed by atoms with Crippen molar-refractivity contribution in [2.45, 2.75) is 48.3 Å². The van der Waals surface area contributed by atoms with Crippen LogP contribution in [0.4, 0.5) is 5.69 Å². The average molecular weight is 460 g/mol. The molecule has 0 atom stereocenters. The number of benzene rings is 2.